The number of amides is 1. The molecular formula is C21H17Cl2N3O. The summed E-state index contributed by atoms with van der Waals surface area (Å²) in [7, 11) is 0. The average molecular weight is 398 g/mol. The molecule has 3 aromatic rings. The van der Waals surface area contributed by atoms with Gasteiger partial charge in [0.2, 0.25) is 0 Å². The maximum Gasteiger partial charge on any atom is 0.254 e. The average Bonchev–Trinajstić information content (AvgIpc) is 2.95. The lowest BCUT2D eigenvalue weighted by Crippen LogP contribution is -2.50. The molecule has 2 aromatic carbocycles. The third kappa shape index (κ3) is 3.21. The third-order valence-electron chi connectivity index (χ3n) is 4.75. The number of rotatable bonds is 5. The van der Waals surface area contributed by atoms with Crippen LogP contribution < -0.4 is 10.6 Å². The first-order valence-corrected chi connectivity index (χ1v) is 9.38. The molecule has 4 rings (SSSR count). The fourth-order valence-corrected chi connectivity index (χ4v) is 3.95. The van der Waals surface area contributed by atoms with Crippen LogP contribution in [0.4, 0.5) is 5.69 Å². The van der Waals surface area contributed by atoms with E-state index in [1.165, 1.54) is 0 Å². The zero-order valence-corrected chi connectivity index (χ0v) is 15.9. The molecule has 0 spiro atoms. The number of pyridine rings is 1. The quantitative estimate of drug-likeness (QED) is 0.669. The van der Waals surface area contributed by atoms with Crippen molar-refractivity contribution >= 4 is 34.8 Å². The number of aromatic nitrogens is 1. The summed E-state index contributed by atoms with van der Waals surface area (Å²) in [5.74, 6) is -0.172. The van der Waals surface area contributed by atoms with Crippen LogP contribution in [0, 0.1) is 0 Å². The second kappa shape index (κ2) is 7.31. The Bertz CT molecular complexity index is 994. The Labute approximate surface area is 167 Å². The van der Waals surface area contributed by atoms with E-state index in [0.717, 1.165) is 16.9 Å². The summed E-state index contributed by atoms with van der Waals surface area (Å²) in [5.41, 5.74) is 2.05. The fraction of sp³-hybridized carbons (Fsp3) is 0.143. The molecule has 0 saturated heterocycles. The van der Waals surface area contributed by atoms with Crippen molar-refractivity contribution < 1.29 is 4.79 Å². The zero-order chi connectivity index (χ0) is 18.9. The lowest BCUT2D eigenvalue weighted by molar-refractivity contribution is -0.120. The van der Waals surface area contributed by atoms with Crippen LogP contribution in [0.15, 0.2) is 66.9 Å². The van der Waals surface area contributed by atoms with E-state index in [9.17, 15) is 4.79 Å². The Balaban J connectivity index is 1.77. The molecule has 0 aliphatic carbocycles. The smallest absolute Gasteiger partial charge is 0.254 e. The molecule has 1 aliphatic heterocycles. The Kier molecular flexibility index (Phi) is 4.87. The normalized spacial score (nSPS) is 18.2. The number of fused-ring (bicyclic) bond motifs is 1. The molecule has 0 fully saturated rings. The first-order valence-electron chi connectivity index (χ1n) is 8.63. The van der Waals surface area contributed by atoms with Crippen LogP contribution in [0.2, 0.25) is 10.0 Å². The molecule has 27 heavy (non-hydrogen) atoms. The van der Waals surface area contributed by atoms with Gasteiger partial charge < -0.3 is 5.32 Å². The van der Waals surface area contributed by atoms with E-state index < -0.39 is 5.54 Å². The monoisotopic (exact) mass is 397 g/mol. The van der Waals surface area contributed by atoms with E-state index in [1.54, 1.807) is 18.3 Å². The van der Waals surface area contributed by atoms with Gasteiger partial charge in [-0.2, -0.15) is 0 Å². The highest BCUT2D eigenvalue weighted by molar-refractivity contribution is 6.32. The van der Waals surface area contributed by atoms with Crippen molar-refractivity contribution in [2.45, 2.75) is 12.0 Å². The van der Waals surface area contributed by atoms with Crippen LogP contribution in [0.5, 0.6) is 0 Å². The minimum atomic E-state index is -1.10. The van der Waals surface area contributed by atoms with Crippen LogP contribution in [0.25, 0.3) is 0 Å². The van der Waals surface area contributed by atoms with Gasteiger partial charge in [-0.1, -0.05) is 47.5 Å². The van der Waals surface area contributed by atoms with Crippen LogP contribution >= 0.6 is 23.2 Å². The maximum atomic E-state index is 13.2. The van der Waals surface area contributed by atoms with Crippen molar-refractivity contribution in [2.75, 3.05) is 11.9 Å². The second-order valence-corrected chi connectivity index (χ2v) is 7.22. The summed E-state index contributed by atoms with van der Waals surface area (Å²) in [6.07, 6.45) is 2.44. The highest BCUT2D eigenvalue weighted by atomic mass is 35.5. The Morgan fingerprint density at radius 3 is 2.59 bits per heavy atom. The second-order valence-electron chi connectivity index (χ2n) is 6.37. The molecule has 6 heteroatoms. The summed E-state index contributed by atoms with van der Waals surface area (Å²) in [6, 6.07) is 18.5. The Morgan fingerprint density at radius 1 is 1.00 bits per heavy atom. The number of nitrogens with one attached hydrogen (secondary N) is 2. The molecule has 2 N–H and O–H groups in total. The third-order valence-corrected chi connectivity index (χ3v) is 5.31. The molecule has 2 heterocycles. The van der Waals surface area contributed by atoms with E-state index in [4.69, 9.17) is 23.2 Å². The molecule has 0 saturated carbocycles. The lowest BCUT2D eigenvalue weighted by atomic mass is 9.83. The van der Waals surface area contributed by atoms with E-state index >= 15 is 0 Å². The SMILES string of the molecule is O=C1Nc2ccc(Cl)cc2C1(NCCc1ccccn1)c1ccccc1Cl. The summed E-state index contributed by atoms with van der Waals surface area (Å²) in [6.45, 7) is 0.543. The first kappa shape index (κ1) is 18.0. The number of hydrogen-bond donors (Lipinski definition) is 2. The summed E-state index contributed by atoms with van der Waals surface area (Å²) in [5, 5.41) is 7.48. The van der Waals surface area contributed by atoms with Gasteiger partial charge in [-0.05, 0) is 36.4 Å². The molecule has 1 amide bonds. The van der Waals surface area contributed by atoms with Crippen molar-refractivity contribution in [3.05, 3.63) is 93.7 Å². The van der Waals surface area contributed by atoms with Crippen LogP contribution in [-0.4, -0.2) is 17.4 Å². The van der Waals surface area contributed by atoms with Gasteiger partial charge in [0.05, 0.1) is 0 Å². The first-order chi connectivity index (χ1) is 13.1. The summed E-state index contributed by atoms with van der Waals surface area (Å²) >= 11 is 12.7. The number of carbonyl (C=O) groups is 1. The predicted molar refractivity (Wildman–Crippen MR) is 108 cm³/mol. The van der Waals surface area contributed by atoms with Gasteiger partial charge in [-0.3, -0.25) is 15.1 Å². The molecular weight excluding hydrogens is 381 g/mol. The minimum Gasteiger partial charge on any atom is -0.324 e. The van der Waals surface area contributed by atoms with Crippen LogP contribution in [0.3, 0.4) is 0 Å². The van der Waals surface area contributed by atoms with Gasteiger partial charge >= 0.3 is 0 Å². The number of benzene rings is 2. The Morgan fingerprint density at radius 2 is 1.81 bits per heavy atom. The van der Waals surface area contributed by atoms with Gasteiger partial charge in [-0.25, -0.2) is 0 Å². The van der Waals surface area contributed by atoms with Gasteiger partial charge in [0.25, 0.3) is 5.91 Å². The van der Waals surface area contributed by atoms with Crippen molar-refractivity contribution in [3.8, 4) is 0 Å². The fourth-order valence-electron chi connectivity index (χ4n) is 3.50. The number of halogens is 2. The van der Waals surface area contributed by atoms with Crippen molar-refractivity contribution in [2.24, 2.45) is 0 Å². The number of carbonyl (C=O) groups excluding carboxylic acids is 1. The van der Waals surface area contributed by atoms with Crippen LogP contribution in [0.1, 0.15) is 16.8 Å². The van der Waals surface area contributed by atoms with Gasteiger partial charge in [-0.15, -0.1) is 0 Å². The molecule has 4 nitrogen and oxygen atoms in total. The van der Waals surface area contributed by atoms with Gasteiger partial charge in [0.15, 0.2) is 5.54 Å². The van der Waals surface area contributed by atoms with Crippen LogP contribution in [-0.2, 0) is 16.8 Å². The number of hydrogen-bond acceptors (Lipinski definition) is 3. The highest BCUT2D eigenvalue weighted by Crippen LogP contribution is 2.44. The van der Waals surface area contributed by atoms with E-state index in [2.05, 4.69) is 15.6 Å². The summed E-state index contributed by atoms with van der Waals surface area (Å²) in [4.78, 5) is 17.5. The molecule has 1 unspecified atom stereocenters. The molecule has 0 bridgehead atoms. The molecule has 136 valence electrons. The molecule has 1 aliphatic rings. The Hall–Kier alpha value is -2.40. The topological polar surface area (TPSA) is 54.0 Å². The lowest BCUT2D eigenvalue weighted by Gasteiger charge is -2.30. The number of nitrogens with zero attached hydrogens (tertiary/aromatic N) is 1. The zero-order valence-electron chi connectivity index (χ0n) is 14.4. The van der Waals surface area contributed by atoms with E-state index in [1.807, 2.05) is 48.5 Å². The highest BCUT2D eigenvalue weighted by Gasteiger charge is 2.49. The van der Waals surface area contributed by atoms with E-state index in [0.29, 0.717) is 28.6 Å². The van der Waals surface area contributed by atoms with Gasteiger partial charge in [0.1, 0.15) is 0 Å². The number of anilines is 1. The van der Waals surface area contributed by atoms with Crippen molar-refractivity contribution in [3.63, 3.8) is 0 Å². The van der Waals surface area contributed by atoms with Gasteiger partial charge in [0, 0.05) is 51.7 Å². The minimum absolute atomic E-state index is 0.172. The summed E-state index contributed by atoms with van der Waals surface area (Å²) < 4.78 is 0. The molecule has 1 atom stereocenters. The predicted octanol–water partition coefficient (Wildman–Crippen LogP) is 4.42. The molecule has 0 radical (unpaired) electrons. The standard InChI is InChI=1S/C21H17Cl2N3O/c22-14-8-9-19-17(13-14)21(20(27)26-19,16-6-1-2-7-18(16)23)25-12-10-15-5-3-4-11-24-15/h1-9,11,13,25H,10,12H2,(H,26,27). The van der Waals surface area contributed by atoms with E-state index in [-0.39, 0.29) is 5.91 Å². The molecule has 1 aromatic heterocycles. The van der Waals surface area contributed by atoms with Crippen molar-refractivity contribution in [1.82, 2.24) is 10.3 Å². The van der Waals surface area contributed by atoms with Crippen molar-refractivity contribution in [1.29, 1.82) is 0 Å². The largest absolute Gasteiger partial charge is 0.324 e. The maximum absolute atomic E-state index is 13.2.